The summed E-state index contributed by atoms with van der Waals surface area (Å²) in [6, 6.07) is 0. The molecule has 0 aliphatic carbocycles. The number of carbonyl (C=O) groups is 1. The fraction of sp³-hybridized carbons (Fsp3) is 0.688. The van der Waals surface area contributed by atoms with Crippen LogP contribution in [0.4, 0.5) is 0 Å². The van der Waals surface area contributed by atoms with E-state index in [0.29, 0.717) is 18.7 Å². The molecule has 128 valence electrons. The van der Waals surface area contributed by atoms with E-state index >= 15 is 0 Å². The molecule has 0 spiro atoms. The highest BCUT2D eigenvalue weighted by molar-refractivity contribution is 7.51. The zero-order chi connectivity index (χ0) is 17.0. The van der Waals surface area contributed by atoms with Crippen LogP contribution in [-0.2, 0) is 13.9 Å². The summed E-state index contributed by atoms with van der Waals surface area (Å²) >= 11 is 0. The van der Waals surface area contributed by atoms with E-state index in [0.717, 1.165) is 45.1 Å². The first-order valence-electron chi connectivity index (χ1n) is 7.78. The van der Waals surface area contributed by atoms with E-state index in [9.17, 15) is 9.36 Å². The molecule has 0 aromatic rings. The molecule has 0 fully saturated rings. The van der Waals surface area contributed by atoms with Gasteiger partial charge in [-0.25, -0.2) is 0 Å². The molecule has 0 bridgehead atoms. The first-order chi connectivity index (χ1) is 10.3. The van der Waals surface area contributed by atoms with E-state index in [4.69, 9.17) is 9.42 Å². The molecule has 0 heterocycles. The summed E-state index contributed by atoms with van der Waals surface area (Å²) in [5.41, 5.74) is 0.555. The summed E-state index contributed by atoms with van der Waals surface area (Å²) in [4.78, 5) is 22.6. The Morgan fingerprint density at radius 1 is 1.23 bits per heavy atom. The molecule has 22 heavy (non-hydrogen) atoms. The molecule has 0 aliphatic rings. The lowest BCUT2D eigenvalue weighted by molar-refractivity contribution is -0.126. The van der Waals surface area contributed by atoms with Crippen molar-refractivity contribution in [2.24, 2.45) is 0 Å². The molecule has 0 aliphatic heterocycles. The molecular formula is C16H30NO4P. The van der Waals surface area contributed by atoms with Gasteiger partial charge in [-0.05, 0) is 19.8 Å². The quantitative estimate of drug-likeness (QED) is 0.242. The smallest absolute Gasteiger partial charge is 0.325 e. The van der Waals surface area contributed by atoms with Crippen LogP contribution in [0.3, 0.4) is 0 Å². The number of hydrogen-bond acceptors (Lipinski definition) is 3. The van der Waals surface area contributed by atoms with E-state index in [2.05, 4.69) is 13.2 Å². The zero-order valence-corrected chi connectivity index (χ0v) is 14.8. The van der Waals surface area contributed by atoms with Crippen molar-refractivity contribution in [3.8, 4) is 0 Å². The van der Waals surface area contributed by atoms with Gasteiger partial charge in [0.2, 0.25) is 5.91 Å². The molecule has 6 heteroatoms. The Kier molecular flexibility index (Phi) is 11.2. The van der Waals surface area contributed by atoms with Crippen molar-refractivity contribution in [2.75, 3.05) is 26.4 Å². The third kappa shape index (κ3) is 11.7. The van der Waals surface area contributed by atoms with Crippen molar-refractivity contribution in [3.05, 3.63) is 24.8 Å². The van der Waals surface area contributed by atoms with E-state index in [-0.39, 0.29) is 5.91 Å². The third-order valence-electron chi connectivity index (χ3n) is 3.15. The van der Waals surface area contributed by atoms with Gasteiger partial charge >= 0.3 is 7.60 Å². The van der Waals surface area contributed by atoms with Crippen LogP contribution in [0.25, 0.3) is 0 Å². The Balaban J connectivity index is 3.66. The van der Waals surface area contributed by atoms with E-state index in [1.165, 1.54) is 6.66 Å². The maximum atomic E-state index is 11.9. The van der Waals surface area contributed by atoms with Crippen LogP contribution in [0.1, 0.15) is 45.4 Å². The first-order valence-corrected chi connectivity index (χ1v) is 9.81. The fourth-order valence-corrected chi connectivity index (χ4v) is 2.52. The fourth-order valence-electron chi connectivity index (χ4n) is 2.05. The molecule has 5 nitrogen and oxygen atoms in total. The zero-order valence-electron chi connectivity index (χ0n) is 13.9. The second-order valence-electron chi connectivity index (χ2n) is 5.58. The molecule has 0 saturated heterocycles. The summed E-state index contributed by atoms with van der Waals surface area (Å²) in [6.45, 7) is 11.9. The average Bonchev–Trinajstić information content (AvgIpc) is 2.42. The van der Waals surface area contributed by atoms with Crippen LogP contribution in [0.5, 0.6) is 0 Å². The van der Waals surface area contributed by atoms with E-state index < -0.39 is 7.60 Å². The number of amides is 1. The minimum atomic E-state index is -3.32. The molecule has 0 radical (unpaired) electrons. The van der Waals surface area contributed by atoms with Crippen LogP contribution < -0.4 is 0 Å². The van der Waals surface area contributed by atoms with Crippen molar-refractivity contribution >= 4 is 13.5 Å². The lowest BCUT2D eigenvalue weighted by atomic mass is 10.1. The third-order valence-corrected chi connectivity index (χ3v) is 3.82. The Bertz CT molecular complexity index is 403. The standard InChI is InChI=1S/C16H30NO4P/c1-5-12-17(16(18)15(2)3)13-10-8-6-7-9-11-14-21-22(4,19)20/h5H,1-2,6-14H2,3-4H3,(H,19,20). The molecule has 1 N–H and O–H groups in total. The Hall–Kier alpha value is -0.900. The normalized spacial score (nSPS) is 13.4. The van der Waals surface area contributed by atoms with Crippen LogP contribution in [-0.4, -0.2) is 42.1 Å². The number of nitrogens with zero attached hydrogens (tertiary/aromatic N) is 1. The summed E-state index contributed by atoms with van der Waals surface area (Å²) < 4.78 is 15.7. The van der Waals surface area contributed by atoms with Crippen LogP contribution in [0.2, 0.25) is 0 Å². The lowest BCUT2D eigenvalue weighted by Gasteiger charge is -2.21. The Labute approximate surface area is 134 Å². The van der Waals surface area contributed by atoms with Gasteiger partial charge in [-0.15, -0.1) is 6.58 Å². The maximum Gasteiger partial charge on any atom is 0.325 e. The topological polar surface area (TPSA) is 66.8 Å². The predicted octanol–water partition coefficient (Wildman–Crippen LogP) is 3.75. The number of carbonyl (C=O) groups excluding carboxylic acids is 1. The van der Waals surface area contributed by atoms with Crippen molar-refractivity contribution < 1.29 is 18.8 Å². The van der Waals surface area contributed by atoms with Gasteiger partial charge in [0.25, 0.3) is 0 Å². The predicted molar refractivity (Wildman–Crippen MR) is 91.0 cm³/mol. The van der Waals surface area contributed by atoms with Gasteiger partial charge in [-0.1, -0.05) is 38.3 Å². The van der Waals surface area contributed by atoms with E-state index in [1.807, 2.05) is 0 Å². The van der Waals surface area contributed by atoms with Gasteiger partial charge in [0.1, 0.15) is 0 Å². The Morgan fingerprint density at radius 2 is 1.77 bits per heavy atom. The number of rotatable bonds is 13. The van der Waals surface area contributed by atoms with Gasteiger partial charge in [0, 0.05) is 25.3 Å². The highest BCUT2D eigenvalue weighted by Gasteiger charge is 2.11. The highest BCUT2D eigenvalue weighted by Crippen LogP contribution is 2.36. The molecule has 0 aromatic carbocycles. The van der Waals surface area contributed by atoms with Crippen molar-refractivity contribution in [2.45, 2.75) is 45.4 Å². The summed E-state index contributed by atoms with van der Waals surface area (Å²) in [6.07, 6.45) is 7.70. The molecule has 1 amide bonds. The lowest BCUT2D eigenvalue weighted by Crippen LogP contribution is -2.32. The molecule has 1 atom stereocenters. The van der Waals surface area contributed by atoms with Gasteiger partial charge in [0.15, 0.2) is 0 Å². The average molecular weight is 331 g/mol. The first kappa shape index (κ1) is 21.1. The molecule has 0 aromatic heterocycles. The molecule has 0 saturated carbocycles. The maximum absolute atomic E-state index is 11.9. The number of hydrogen-bond donors (Lipinski definition) is 1. The SMILES string of the molecule is C=CCN(CCCCCCCCOP(C)(=O)O)C(=O)C(=C)C. The van der Waals surface area contributed by atoms with Crippen LogP contribution in [0.15, 0.2) is 24.8 Å². The molecule has 1 unspecified atom stereocenters. The largest absolute Gasteiger partial charge is 0.335 e. The Morgan fingerprint density at radius 3 is 2.27 bits per heavy atom. The molecule has 0 rings (SSSR count). The van der Waals surface area contributed by atoms with Crippen molar-refractivity contribution in [1.82, 2.24) is 4.90 Å². The minimum absolute atomic E-state index is 0.00922. The van der Waals surface area contributed by atoms with Gasteiger partial charge in [0.05, 0.1) is 6.61 Å². The highest BCUT2D eigenvalue weighted by atomic mass is 31.2. The van der Waals surface area contributed by atoms with Gasteiger partial charge in [-0.2, -0.15) is 0 Å². The van der Waals surface area contributed by atoms with Crippen LogP contribution in [0, 0.1) is 0 Å². The van der Waals surface area contributed by atoms with Gasteiger partial charge in [-0.3, -0.25) is 9.36 Å². The second kappa shape index (κ2) is 11.6. The number of unbranched alkanes of at least 4 members (excludes halogenated alkanes) is 5. The summed E-state index contributed by atoms with van der Waals surface area (Å²) in [5, 5.41) is 0. The second-order valence-corrected chi connectivity index (χ2v) is 7.44. The minimum Gasteiger partial charge on any atom is -0.335 e. The van der Waals surface area contributed by atoms with Gasteiger partial charge < -0.3 is 14.3 Å². The summed E-state index contributed by atoms with van der Waals surface area (Å²) in [5.74, 6) is -0.00922. The van der Waals surface area contributed by atoms with Crippen molar-refractivity contribution in [3.63, 3.8) is 0 Å². The molecular weight excluding hydrogens is 301 g/mol. The van der Waals surface area contributed by atoms with E-state index in [1.54, 1.807) is 17.9 Å². The van der Waals surface area contributed by atoms with Crippen LogP contribution >= 0.6 is 7.60 Å². The monoisotopic (exact) mass is 331 g/mol. The van der Waals surface area contributed by atoms with Crippen molar-refractivity contribution in [1.29, 1.82) is 0 Å². The summed E-state index contributed by atoms with van der Waals surface area (Å²) in [7, 11) is -3.32.